The van der Waals surface area contributed by atoms with Crippen molar-refractivity contribution in [1.82, 2.24) is 9.55 Å². The Morgan fingerprint density at radius 1 is 1.07 bits per heavy atom. The molecular weight excluding hydrogens is 502 g/mol. The standard InChI is InChI=1S/C33H35N3O4/c1-2-3-16-30-35-28-18-17-25(34-32(38)27-14-8-7-12-24(27)21-37)19-29(28)36(30)20-23-13-9-15-26(31(23)33(39)40)22-10-5-4-6-11-22/h4-6,9-11,13,15,17-18,21,24,27H,2-3,7-8,12,14,16,19-20H2,1H3,(H,39,40)/t24-,27+/m0/s1. The van der Waals surface area contributed by atoms with E-state index in [4.69, 9.17) is 4.98 Å². The average Bonchev–Trinajstić information content (AvgIpc) is 3.32. The lowest BCUT2D eigenvalue weighted by Gasteiger charge is -2.25. The number of benzene rings is 2. The molecule has 2 aliphatic rings. The minimum atomic E-state index is -0.969. The number of carboxylic acids is 1. The van der Waals surface area contributed by atoms with Crippen molar-refractivity contribution in [2.24, 2.45) is 16.8 Å². The van der Waals surface area contributed by atoms with E-state index in [-0.39, 0.29) is 23.3 Å². The van der Waals surface area contributed by atoms with Crippen LogP contribution in [0.4, 0.5) is 0 Å². The van der Waals surface area contributed by atoms with Gasteiger partial charge in [-0.2, -0.15) is 0 Å². The Morgan fingerprint density at radius 3 is 2.62 bits per heavy atom. The number of nitrogens with zero attached hydrogens (tertiary/aromatic N) is 3. The number of carbonyl (C=O) groups is 3. The Balaban J connectivity index is 1.51. The molecule has 206 valence electrons. The number of hydrogen-bond donors (Lipinski definition) is 1. The van der Waals surface area contributed by atoms with Crippen LogP contribution in [-0.2, 0) is 29.0 Å². The van der Waals surface area contributed by atoms with Gasteiger partial charge in [0.15, 0.2) is 0 Å². The van der Waals surface area contributed by atoms with Gasteiger partial charge < -0.3 is 14.5 Å². The molecule has 1 saturated carbocycles. The summed E-state index contributed by atoms with van der Waals surface area (Å²) in [5.41, 5.74) is 4.92. The van der Waals surface area contributed by atoms with Gasteiger partial charge in [-0.1, -0.05) is 74.7 Å². The monoisotopic (exact) mass is 537 g/mol. The van der Waals surface area contributed by atoms with E-state index in [2.05, 4.69) is 16.5 Å². The third-order valence-corrected chi connectivity index (χ3v) is 8.06. The van der Waals surface area contributed by atoms with Crippen molar-refractivity contribution >= 4 is 30.0 Å². The number of aromatic carboxylic acids is 1. The first-order chi connectivity index (χ1) is 19.5. The maximum Gasteiger partial charge on any atom is 0.336 e. The second kappa shape index (κ2) is 12.4. The Morgan fingerprint density at radius 2 is 1.88 bits per heavy atom. The molecule has 3 aromatic rings. The van der Waals surface area contributed by atoms with Crippen LogP contribution in [0.2, 0.25) is 0 Å². The predicted molar refractivity (Wildman–Crippen MR) is 155 cm³/mol. The quantitative estimate of drug-likeness (QED) is 0.328. The zero-order chi connectivity index (χ0) is 28.1. The minimum absolute atomic E-state index is 0.221. The molecule has 1 heterocycles. The highest BCUT2D eigenvalue weighted by molar-refractivity contribution is 6.07. The molecule has 2 aromatic carbocycles. The summed E-state index contributed by atoms with van der Waals surface area (Å²) in [4.78, 5) is 46.6. The first kappa shape index (κ1) is 27.4. The van der Waals surface area contributed by atoms with E-state index in [1.807, 2.05) is 60.7 Å². The molecule has 1 amide bonds. The maximum absolute atomic E-state index is 13.1. The normalized spacial score (nSPS) is 19.4. The third-order valence-electron chi connectivity index (χ3n) is 8.06. The highest BCUT2D eigenvalue weighted by Crippen LogP contribution is 2.31. The van der Waals surface area contributed by atoms with Crippen LogP contribution in [0.15, 0.2) is 59.6 Å². The summed E-state index contributed by atoms with van der Waals surface area (Å²) in [5.74, 6) is -0.896. The highest BCUT2D eigenvalue weighted by Gasteiger charge is 2.31. The number of rotatable bonds is 9. The molecule has 0 spiro atoms. The van der Waals surface area contributed by atoms with Crippen molar-refractivity contribution in [2.45, 2.75) is 64.8 Å². The highest BCUT2D eigenvalue weighted by atomic mass is 16.4. The van der Waals surface area contributed by atoms with Gasteiger partial charge in [0.25, 0.3) is 0 Å². The molecule has 0 saturated heterocycles. The second-order valence-electron chi connectivity index (χ2n) is 10.7. The molecule has 0 radical (unpaired) electrons. The molecule has 7 heteroatoms. The van der Waals surface area contributed by atoms with E-state index in [1.54, 1.807) is 0 Å². The molecule has 0 aliphatic heterocycles. The zero-order valence-corrected chi connectivity index (χ0v) is 22.9. The number of aliphatic imine (C=N–C) groups is 1. The van der Waals surface area contributed by atoms with Gasteiger partial charge in [-0.3, -0.25) is 4.79 Å². The zero-order valence-electron chi connectivity index (χ0n) is 22.9. The third kappa shape index (κ3) is 5.74. The number of allylic oxidation sites excluding steroid dienone is 1. The first-order valence-electron chi connectivity index (χ1n) is 14.2. The molecule has 0 bridgehead atoms. The first-order valence-corrected chi connectivity index (χ1v) is 14.2. The van der Waals surface area contributed by atoms with Gasteiger partial charge >= 0.3 is 5.97 Å². The number of aromatic nitrogens is 2. The van der Waals surface area contributed by atoms with E-state index in [1.165, 1.54) is 0 Å². The van der Waals surface area contributed by atoms with Crippen LogP contribution in [0.5, 0.6) is 0 Å². The van der Waals surface area contributed by atoms with Gasteiger partial charge in [0, 0.05) is 31.2 Å². The molecule has 40 heavy (non-hydrogen) atoms. The predicted octanol–water partition coefficient (Wildman–Crippen LogP) is 6.18. The molecule has 7 nitrogen and oxygen atoms in total. The van der Waals surface area contributed by atoms with Gasteiger partial charge in [-0.15, -0.1) is 0 Å². The van der Waals surface area contributed by atoms with E-state index in [0.29, 0.717) is 36.2 Å². The summed E-state index contributed by atoms with van der Waals surface area (Å²) in [6.07, 6.45) is 11.2. The Hall–Kier alpha value is -4.13. The van der Waals surface area contributed by atoms with E-state index >= 15 is 0 Å². The summed E-state index contributed by atoms with van der Waals surface area (Å²) in [7, 11) is 0. The number of unbranched alkanes of at least 4 members (excludes halogenated alkanes) is 1. The molecule has 1 aromatic heterocycles. The van der Waals surface area contributed by atoms with Crippen LogP contribution in [0.3, 0.4) is 0 Å². The van der Waals surface area contributed by atoms with E-state index in [9.17, 15) is 19.5 Å². The second-order valence-corrected chi connectivity index (χ2v) is 10.7. The van der Waals surface area contributed by atoms with Crippen LogP contribution in [0.1, 0.15) is 78.6 Å². The van der Waals surface area contributed by atoms with Crippen LogP contribution in [0, 0.1) is 11.8 Å². The molecule has 2 atom stereocenters. The van der Waals surface area contributed by atoms with Crippen molar-refractivity contribution < 1.29 is 19.5 Å². The lowest BCUT2D eigenvalue weighted by Crippen LogP contribution is -2.28. The van der Waals surface area contributed by atoms with Crippen LogP contribution < -0.4 is 0 Å². The molecule has 1 fully saturated rings. The number of carboxylic acid groups (broad SMARTS) is 1. The number of aryl methyl sites for hydroxylation is 1. The van der Waals surface area contributed by atoms with Crippen LogP contribution in [0.25, 0.3) is 17.2 Å². The van der Waals surface area contributed by atoms with Crippen molar-refractivity contribution in [3.05, 3.63) is 82.9 Å². The van der Waals surface area contributed by atoms with Crippen molar-refractivity contribution in [3.63, 3.8) is 0 Å². The van der Waals surface area contributed by atoms with Gasteiger partial charge in [0.1, 0.15) is 12.1 Å². The Kier molecular flexibility index (Phi) is 8.48. The number of fused-ring (bicyclic) bond motifs is 1. The van der Waals surface area contributed by atoms with Crippen molar-refractivity contribution in [3.8, 4) is 11.1 Å². The van der Waals surface area contributed by atoms with Crippen LogP contribution in [-0.4, -0.2) is 38.5 Å². The summed E-state index contributed by atoms with van der Waals surface area (Å²) in [5, 5.41) is 10.3. The van der Waals surface area contributed by atoms with Crippen molar-refractivity contribution in [1.29, 1.82) is 0 Å². The molecule has 2 aliphatic carbocycles. The topological polar surface area (TPSA) is 102 Å². The number of carbonyl (C=O) groups excluding carboxylic acids is 2. The maximum atomic E-state index is 13.1. The molecule has 5 rings (SSSR count). The van der Waals surface area contributed by atoms with Gasteiger partial charge in [0.05, 0.1) is 22.7 Å². The van der Waals surface area contributed by atoms with E-state index in [0.717, 1.165) is 67.6 Å². The molecule has 0 unspecified atom stereocenters. The van der Waals surface area contributed by atoms with Gasteiger partial charge in [0.2, 0.25) is 5.91 Å². The minimum Gasteiger partial charge on any atom is -0.478 e. The average molecular weight is 538 g/mol. The lowest BCUT2D eigenvalue weighted by molar-refractivity contribution is -0.128. The molecule has 1 N–H and O–H groups in total. The summed E-state index contributed by atoms with van der Waals surface area (Å²) in [6, 6.07) is 15.2. The van der Waals surface area contributed by atoms with Crippen molar-refractivity contribution in [2.75, 3.05) is 0 Å². The number of aldehydes is 1. The van der Waals surface area contributed by atoms with Crippen LogP contribution >= 0.6 is 0 Å². The number of hydrogen-bond acceptors (Lipinski definition) is 4. The fourth-order valence-corrected chi connectivity index (χ4v) is 5.94. The lowest BCUT2D eigenvalue weighted by atomic mass is 9.79. The fourth-order valence-electron chi connectivity index (χ4n) is 5.94. The Bertz CT molecular complexity index is 1470. The largest absolute Gasteiger partial charge is 0.478 e. The summed E-state index contributed by atoms with van der Waals surface area (Å²) < 4.78 is 2.11. The number of amides is 1. The fraction of sp³-hybridized carbons (Fsp3) is 0.364. The summed E-state index contributed by atoms with van der Waals surface area (Å²) >= 11 is 0. The molecular formula is C33H35N3O4. The SMILES string of the molecule is CCCCc1nc2c(n1Cc1cccc(-c3ccccc3)c1C(=O)O)CC(=NC(=O)[C@@H]1CCCC[C@H]1C=O)C=C2. The van der Waals surface area contributed by atoms with Gasteiger partial charge in [-0.05, 0) is 48.1 Å². The summed E-state index contributed by atoms with van der Waals surface area (Å²) in [6.45, 7) is 2.49. The van der Waals surface area contributed by atoms with E-state index < -0.39 is 5.97 Å². The number of imidazole rings is 1. The van der Waals surface area contributed by atoms with Gasteiger partial charge in [-0.25, -0.2) is 14.8 Å². The smallest absolute Gasteiger partial charge is 0.336 e. The Labute approximate surface area is 234 Å².